The lowest BCUT2D eigenvalue weighted by Gasteiger charge is -2.43. The minimum absolute atomic E-state index is 0.0203. The maximum absolute atomic E-state index is 13.3. The number of pyridine rings is 2. The molecule has 0 aromatic carbocycles. The highest BCUT2D eigenvalue weighted by Crippen LogP contribution is 2.53. The summed E-state index contributed by atoms with van der Waals surface area (Å²) in [7, 11) is -1.31. The molecule has 1 amide bonds. The minimum atomic E-state index is -1.31. The van der Waals surface area contributed by atoms with Crippen molar-refractivity contribution in [3.8, 4) is 11.7 Å². The van der Waals surface area contributed by atoms with Crippen molar-refractivity contribution in [3.05, 3.63) is 59.2 Å². The molecule has 1 N–H and O–H groups in total. The molecule has 0 saturated carbocycles. The third-order valence-corrected chi connectivity index (χ3v) is 10.4. The standard InChI is InChI=1S/C26H31Cl2N7O4S/c1-26(2,3)40(4,5)38-12-11-37-15-20(24(36)34-21-9-8-17(27)13-30-21)39-25-18-14-33-35(22(18)31-16-32-25)23-19(28)7-6-10-29-23/h6-10,13-14,16,20H,11-12,15H2,1-5H3,(H,30,34,36)/t20-/m0/s1. The fraction of sp³-hybridized carbons (Fsp3) is 0.385. The van der Waals surface area contributed by atoms with Crippen molar-refractivity contribution in [2.45, 2.75) is 31.6 Å². The average Bonchev–Trinajstić information content (AvgIpc) is 3.33. The van der Waals surface area contributed by atoms with Crippen molar-refractivity contribution >= 4 is 56.3 Å². The van der Waals surface area contributed by atoms with Gasteiger partial charge in [-0.25, -0.2) is 19.9 Å². The molecule has 0 radical (unpaired) electrons. The largest absolute Gasteiger partial charge is 0.461 e. The van der Waals surface area contributed by atoms with Gasteiger partial charge in [-0.15, -0.1) is 10.3 Å². The zero-order valence-electron chi connectivity index (χ0n) is 22.8. The van der Waals surface area contributed by atoms with Crippen LogP contribution in [-0.4, -0.2) is 78.8 Å². The third kappa shape index (κ3) is 7.18. The number of carbonyl (C=O) groups excluding carboxylic acids is 1. The van der Waals surface area contributed by atoms with E-state index in [9.17, 15) is 4.79 Å². The highest BCUT2D eigenvalue weighted by molar-refractivity contribution is 8.29. The Morgan fingerprint density at radius 3 is 2.58 bits per heavy atom. The predicted octanol–water partition coefficient (Wildman–Crippen LogP) is 5.11. The highest BCUT2D eigenvalue weighted by Gasteiger charge is 2.29. The first kappa shape index (κ1) is 29.9. The Hall–Kier alpha value is -3.03. The molecule has 0 spiro atoms. The van der Waals surface area contributed by atoms with Gasteiger partial charge in [0.1, 0.15) is 17.5 Å². The summed E-state index contributed by atoms with van der Waals surface area (Å²) >= 11 is 12.2. The van der Waals surface area contributed by atoms with Crippen LogP contribution in [0.5, 0.6) is 5.88 Å². The van der Waals surface area contributed by atoms with Crippen molar-refractivity contribution in [2.75, 3.05) is 37.6 Å². The highest BCUT2D eigenvalue weighted by atomic mass is 35.5. The van der Waals surface area contributed by atoms with Gasteiger partial charge in [0, 0.05) is 17.1 Å². The Balaban J connectivity index is 1.52. The Kier molecular flexibility index (Phi) is 9.47. The number of fused-ring (bicyclic) bond motifs is 1. The number of aromatic nitrogens is 6. The summed E-state index contributed by atoms with van der Waals surface area (Å²) in [6, 6.07) is 6.63. The second-order valence-electron chi connectivity index (χ2n) is 9.98. The van der Waals surface area contributed by atoms with Gasteiger partial charge < -0.3 is 19.0 Å². The van der Waals surface area contributed by atoms with E-state index in [1.165, 1.54) is 23.4 Å². The molecule has 1 atom stereocenters. The lowest BCUT2D eigenvalue weighted by molar-refractivity contribution is -0.125. The summed E-state index contributed by atoms with van der Waals surface area (Å²) in [5.41, 5.74) is 0.408. The number of halogens is 2. The van der Waals surface area contributed by atoms with Crippen LogP contribution in [0.3, 0.4) is 0 Å². The third-order valence-electron chi connectivity index (χ3n) is 6.14. The number of anilines is 1. The molecule has 40 heavy (non-hydrogen) atoms. The number of hydrogen-bond donors (Lipinski definition) is 1. The Bertz CT molecular complexity index is 1460. The molecule has 4 aromatic rings. The Morgan fingerprint density at radius 1 is 1.07 bits per heavy atom. The molecule has 4 rings (SSSR count). The number of nitrogens with one attached hydrogen (secondary N) is 1. The van der Waals surface area contributed by atoms with Crippen LogP contribution in [0.1, 0.15) is 20.8 Å². The maximum Gasteiger partial charge on any atom is 0.269 e. The monoisotopic (exact) mass is 607 g/mol. The normalized spacial score (nSPS) is 13.3. The fourth-order valence-electron chi connectivity index (χ4n) is 3.23. The van der Waals surface area contributed by atoms with Crippen LogP contribution >= 0.6 is 33.5 Å². The van der Waals surface area contributed by atoms with Crippen molar-refractivity contribution < 1.29 is 18.5 Å². The molecule has 14 heteroatoms. The summed E-state index contributed by atoms with van der Waals surface area (Å²) in [6.07, 6.45) is 9.02. The topological polar surface area (TPSA) is 126 Å². The Morgan fingerprint density at radius 2 is 1.88 bits per heavy atom. The van der Waals surface area contributed by atoms with E-state index >= 15 is 0 Å². The van der Waals surface area contributed by atoms with Crippen LogP contribution in [0, 0.1) is 0 Å². The second-order valence-corrected chi connectivity index (χ2v) is 14.8. The zero-order valence-corrected chi connectivity index (χ0v) is 25.1. The van der Waals surface area contributed by atoms with Crippen LogP contribution < -0.4 is 10.1 Å². The first-order valence-electron chi connectivity index (χ1n) is 12.3. The van der Waals surface area contributed by atoms with Crippen molar-refractivity contribution in [2.24, 2.45) is 0 Å². The number of amides is 1. The number of carbonyl (C=O) groups is 1. The van der Waals surface area contributed by atoms with Crippen molar-refractivity contribution in [3.63, 3.8) is 0 Å². The molecule has 0 aliphatic rings. The van der Waals surface area contributed by atoms with E-state index in [0.29, 0.717) is 39.3 Å². The second kappa shape index (κ2) is 12.6. The number of rotatable bonds is 11. The lowest BCUT2D eigenvalue weighted by Crippen LogP contribution is -2.38. The first-order valence-corrected chi connectivity index (χ1v) is 15.4. The van der Waals surface area contributed by atoms with Gasteiger partial charge in [-0.3, -0.25) is 4.79 Å². The van der Waals surface area contributed by atoms with Gasteiger partial charge in [0.2, 0.25) is 12.0 Å². The molecular weight excluding hydrogens is 577 g/mol. The molecular formula is C26H31Cl2N7O4S. The van der Waals surface area contributed by atoms with E-state index in [4.69, 9.17) is 36.9 Å². The molecule has 4 aromatic heterocycles. The lowest BCUT2D eigenvalue weighted by atomic mass is 10.3. The number of hydrogen-bond acceptors (Lipinski definition) is 9. The van der Waals surface area contributed by atoms with Crippen LogP contribution in [0.15, 0.2) is 49.2 Å². The fourth-order valence-corrected chi connectivity index (χ4v) is 4.38. The molecule has 0 fully saturated rings. The molecule has 214 valence electrons. The van der Waals surface area contributed by atoms with Gasteiger partial charge in [-0.2, -0.15) is 9.78 Å². The van der Waals surface area contributed by atoms with E-state index in [2.05, 4.69) is 63.6 Å². The van der Waals surface area contributed by atoms with Crippen LogP contribution in [0.4, 0.5) is 5.82 Å². The van der Waals surface area contributed by atoms with Gasteiger partial charge in [0.15, 0.2) is 11.5 Å². The molecule has 0 saturated heterocycles. The number of ether oxygens (including phenoxy) is 2. The van der Waals surface area contributed by atoms with Crippen molar-refractivity contribution in [1.82, 2.24) is 29.7 Å². The Labute approximate surface area is 244 Å². The summed E-state index contributed by atoms with van der Waals surface area (Å²) in [5.74, 6) is 0.372. The summed E-state index contributed by atoms with van der Waals surface area (Å²) in [5, 5.41) is 8.40. The zero-order chi connectivity index (χ0) is 28.9. The van der Waals surface area contributed by atoms with Gasteiger partial charge in [-0.1, -0.05) is 44.0 Å². The van der Waals surface area contributed by atoms with Crippen LogP contribution in [-0.2, 0) is 13.7 Å². The van der Waals surface area contributed by atoms with E-state index in [1.54, 1.807) is 30.5 Å². The van der Waals surface area contributed by atoms with Gasteiger partial charge in [-0.05, 0) is 36.8 Å². The molecule has 0 bridgehead atoms. The first-order chi connectivity index (χ1) is 19.0. The molecule has 0 aliphatic carbocycles. The van der Waals surface area contributed by atoms with Gasteiger partial charge in [0.05, 0.1) is 36.1 Å². The SMILES string of the molecule is CC(C)(C)S(C)(C)OCCOC[C@H](Oc1ncnc2c1cnn2-c1ncccc1Cl)C(=O)Nc1ccc(Cl)cn1. The van der Waals surface area contributed by atoms with E-state index in [0.717, 1.165) is 0 Å². The van der Waals surface area contributed by atoms with E-state index in [-0.39, 0.29) is 23.8 Å². The van der Waals surface area contributed by atoms with E-state index < -0.39 is 22.3 Å². The summed E-state index contributed by atoms with van der Waals surface area (Å²) in [4.78, 5) is 30.2. The quantitative estimate of drug-likeness (QED) is 0.231. The average molecular weight is 609 g/mol. The van der Waals surface area contributed by atoms with Crippen molar-refractivity contribution in [1.29, 1.82) is 0 Å². The number of nitrogens with zero attached hydrogens (tertiary/aromatic N) is 6. The molecule has 0 unspecified atom stereocenters. The van der Waals surface area contributed by atoms with Gasteiger partial charge >= 0.3 is 0 Å². The van der Waals surface area contributed by atoms with Crippen LogP contribution in [0.2, 0.25) is 10.0 Å². The molecule has 11 nitrogen and oxygen atoms in total. The summed E-state index contributed by atoms with van der Waals surface area (Å²) in [6.45, 7) is 7.02. The molecule has 0 aliphatic heterocycles. The maximum atomic E-state index is 13.3. The molecule has 4 heterocycles. The van der Waals surface area contributed by atoms with Gasteiger partial charge in [0.25, 0.3) is 5.91 Å². The minimum Gasteiger partial charge on any atom is -0.461 e. The predicted molar refractivity (Wildman–Crippen MR) is 158 cm³/mol. The summed E-state index contributed by atoms with van der Waals surface area (Å²) < 4.78 is 19.5. The van der Waals surface area contributed by atoms with E-state index in [1.807, 2.05) is 0 Å². The smallest absolute Gasteiger partial charge is 0.269 e. The van der Waals surface area contributed by atoms with Crippen LogP contribution in [0.25, 0.3) is 16.9 Å².